The molecule has 0 N–H and O–H groups in total. The topological polar surface area (TPSA) is 94.5 Å². The number of hydrogen-bond acceptors (Lipinski definition) is 9. The van der Waals surface area contributed by atoms with Gasteiger partial charge in [-0.3, -0.25) is 19.6 Å². The monoisotopic (exact) mass is 654 g/mol. The van der Waals surface area contributed by atoms with Gasteiger partial charge in [-0.2, -0.15) is 0 Å². The minimum absolute atomic E-state index is 0.289. The number of unbranched alkanes of at least 4 members (excludes halogenated alkanes) is 3. The Hall–Kier alpha value is -5.67. The van der Waals surface area contributed by atoms with Gasteiger partial charge in [0.05, 0.1) is 22.8 Å². The van der Waals surface area contributed by atoms with Crippen LogP contribution in [0.1, 0.15) is 38.2 Å². The fraction of sp³-hybridized carbons (Fsp3) is 0.154. The molecule has 48 heavy (non-hydrogen) atoms. The number of aryl methyl sites for hydroxylation is 1. The number of rotatable bonds is 15. The number of thiophene rings is 1. The number of nitrogens with zero attached hydrogens (tertiary/aromatic N) is 4. The zero-order chi connectivity index (χ0) is 33.1. The van der Waals surface area contributed by atoms with Crippen LogP contribution in [0.15, 0.2) is 116 Å². The van der Waals surface area contributed by atoms with E-state index in [-0.39, 0.29) is 5.75 Å². The number of ether oxygens (including phenoxy) is 2. The maximum Gasteiger partial charge on any atom is 0.298 e. The summed E-state index contributed by atoms with van der Waals surface area (Å²) in [6.45, 7) is 2.95. The van der Waals surface area contributed by atoms with Crippen LogP contribution in [-0.4, -0.2) is 27.9 Å². The lowest BCUT2D eigenvalue weighted by Gasteiger charge is -2.23. The van der Waals surface area contributed by atoms with Gasteiger partial charge in [-0.25, -0.2) is 4.98 Å². The lowest BCUT2D eigenvalue weighted by molar-refractivity contribution is -0.121. The zero-order valence-electron chi connectivity index (χ0n) is 26.5. The molecule has 240 valence electrons. The van der Waals surface area contributed by atoms with Crippen molar-refractivity contribution in [3.8, 4) is 44.7 Å². The van der Waals surface area contributed by atoms with Crippen molar-refractivity contribution in [2.75, 3.05) is 4.90 Å². The van der Waals surface area contributed by atoms with Crippen LogP contribution in [0.4, 0.5) is 16.4 Å². The second-order valence-corrected chi connectivity index (χ2v) is 12.1. The van der Waals surface area contributed by atoms with Crippen LogP contribution in [-0.2, 0) is 16.0 Å². The molecule has 0 saturated heterocycles. The molecule has 4 aromatic heterocycles. The molecule has 0 saturated carbocycles. The predicted octanol–water partition coefficient (Wildman–Crippen LogP) is 9.60. The number of aromatic nitrogens is 3. The van der Waals surface area contributed by atoms with Crippen molar-refractivity contribution in [3.05, 3.63) is 121 Å². The summed E-state index contributed by atoms with van der Waals surface area (Å²) in [4.78, 5) is 39.6. The first kappa shape index (κ1) is 32.3. The van der Waals surface area contributed by atoms with Crippen LogP contribution < -0.4 is 14.4 Å². The first-order chi connectivity index (χ1) is 23.7. The molecule has 0 aliphatic carbocycles. The fourth-order valence-electron chi connectivity index (χ4n) is 5.54. The molecule has 8 nitrogen and oxygen atoms in total. The molecule has 0 atom stereocenters. The summed E-state index contributed by atoms with van der Waals surface area (Å²) in [6.07, 6.45) is 8.91. The molecule has 0 amide bonds. The van der Waals surface area contributed by atoms with E-state index in [2.05, 4.69) is 76.4 Å². The highest BCUT2D eigenvalue weighted by molar-refractivity contribution is 7.19. The van der Waals surface area contributed by atoms with Crippen molar-refractivity contribution in [2.45, 2.75) is 39.0 Å². The molecule has 6 aromatic rings. The first-order valence-electron chi connectivity index (χ1n) is 15.9. The third kappa shape index (κ3) is 7.65. The number of benzene rings is 2. The molecule has 0 unspecified atom stereocenters. The van der Waals surface area contributed by atoms with E-state index in [9.17, 15) is 9.59 Å². The molecular formula is C39H34N4O4S. The van der Waals surface area contributed by atoms with Crippen molar-refractivity contribution in [1.82, 2.24) is 15.0 Å². The Labute approximate surface area is 283 Å². The van der Waals surface area contributed by atoms with E-state index in [1.54, 1.807) is 41.8 Å². The third-order valence-corrected chi connectivity index (χ3v) is 9.00. The molecule has 0 fully saturated rings. The molecule has 2 aromatic carbocycles. The minimum atomic E-state index is 0.289. The highest BCUT2D eigenvalue weighted by atomic mass is 32.1. The summed E-state index contributed by atoms with van der Waals surface area (Å²) in [5.41, 5.74) is 6.47. The highest BCUT2D eigenvalue weighted by Gasteiger charge is 2.20. The second-order valence-electron chi connectivity index (χ2n) is 11.1. The molecule has 0 bridgehead atoms. The van der Waals surface area contributed by atoms with Gasteiger partial charge in [0.2, 0.25) is 0 Å². The first-order valence-corrected chi connectivity index (χ1v) is 16.7. The Balaban J connectivity index is 1.43. The smallest absolute Gasteiger partial charge is 0.298 e. The Morgan fingerprint density at radius 2 is 1.27 bits per heavy atom. The average molecular weight is 655 g/mol. The molecule has 0 aliphatic heterocycles. The summed E-state index contributed by atoms with van der Waals surface area (Å²) in [6, 6.07) is 33.6. The van der Waals surface area contributed by atoms with E-state index in [1.165, 1.54) is 35.9 Å². The van der Waals surface area contributed by atoms with Crippen molar-refractivity contribution in [1.29, 1.82) is 0 Å². The Bertz CT molecular complexity index is 1940. The van der Waals surface area contributed by atoms with Gasteiger partial charge >= 0.3 is 0 Å². The van der Waals surface area contributed by atoms with Crippen LogP contribution in [0.3, 0.4) is 0 Å². The maximum atomic E-state index is 11.3. The molecular weight excluding hydrogens is 621 g/mol. The zero-order valence-corrected chi connectivity index (χ0v) is 27.3. The maximum absolute atomic E-state index is 11.3. The van der Waals surface area contributed by atoms with Crippen LogP contribution in [0.25, 0.3) is 33.2 Å². The van der Waals surface area contributed by atoms with Crippen LogP contribution in [0.2, 0.25) is 0 Å². The lowest BCUT2D eigenvalue weighted by atomic mass is 10.0. The van der Waals surface area contributed by atoms with Crippen LogP contribution in [0, 0.1) is 0 Å². The normalized spacial score (nSPS) is 10.8. The van der Waals surface area contributed by atoms with Gasteiger partial charge in [0, 0.05) is 46.8 Å². The van der Waals surface area contributed by atoms with E-state index in [1.807, 2.05) is 24.3 Å². The van der Waals surface area contributed by atoms with Gasteiger partial charge in [0.15, 0.2) is 0 Å². The Morgan fingerprint density at radius 1 is 0.667 bits per heavy atom. The molecule has 0 spiro atoms. The van der Waals surface area contributed by atoms with Gasteiger partial charge in [0.1, 0.15) is 16.5 Å². The summed E-state index contributed by atoms with van der Waals surface area (Å²) in [7, 11) is 0. The summed E-state index contributed by atoms with van der Waals surface area (Å²) >= 11 is 1.75. The van der Waals surface area contributed by atoms with E-state index in [0.29, 0.717) is 41.5 Å². The predicted molar refractivity (Wildman–Crippen MR) is 190 cm³/mol. The van der Waals surface area contributed by atoms with E-state index >= 15 is 0 Å². The largest absolute Gasteiger partial charge is 0.429 e. The number of para-hydroxylation sites is 2. The van der Waals surface area contributed by atoms with Crippen molar-refractivity contribution < 1.29 is 19.1 Å². The standard InChI is InChI=1S/C39H34N4O4S/c1-2-3-4-7-12-28-22-38(43(30-13-8-5-9-14-30)31-15-10-6-11-16-31)48-39(28)29-17-19-40-34(21-29)36-24-33(47-27-45)25-37(42-36)35-23-32(46-26-44)18-20-41-35/h5-6,8-11,13-27H,2-4,7,12H2,1H3. The van der Waals surface area contributed by atoms with Crippen molar-refractivity contribution in [2.24, 2.45) is 0 Å². The summed E-state index contributed by atoms with van der Waals surface area (Å²) in [5, 5.41) is 1.12. The van der Waals surface area contributed by atoms with E-state index < -0.39 is 0 Å². The van der Waals surface area contributed by atoms with Crippen LogP contribution in [0.5, 0.6) is 11.5 Å². The molecule has 0 aliphatic rings. The number of carbonyl (C=O) groups is 2. The highest BCUT2D eigenvalue weighted by Crippen LogP contribution is 2.45. The van der Waals surface area contributed by atoms with Gasteiger partial charge in [0.25, 0.3) is 12.9 Å². The van der Waals surface area contributed by atoms with E-state index in [4.69, 9.17) is 14.5 Å². The Morgan fingerprint density at radius 3 is 1.92 bits per heavy atom. The quantitative estimate of drug-likeness (QED) is 0.0798. The van der Waals surface area contributed by atoms with Gasteiger partial charge < -0.3 is 14.4 Å². The lowest BCUT2D eigenvalue weighted by Crippen LogP contribution is -2.07. The number of carbonyl (C=O) groups excluding carboxylic acids is 2. The van der Waals surface area contributed by atoms with Crippen molar-refractivity contribution >= 4 is 40.7 Å². The van der Waals surface area contributed by atoms with Gasteiger partial charge in [-0.05, 0) is 72.5 Å². The second kappa shape index (κ2) is 15.8. The van der Waals surface area contributed by atoms with Gasteiger partial charge in [-0.15, -0.1) is 11.3 Å². The summed E-state index contributed by atoms with van der Waals surface area (Å²) in [5.74, 6) is 0.609. The average Bonchev–Trinajstić information content (AvgIpc) is 3.55. The van der Waals surface area contributed by atoms with Crippen LogP contribution >= 0.6 is 11.3 Å². The van der Waals surface area contributed by atoms with Crippen molar-refractivity contribution in [3.63, 3.8) is 0 Å². The fourth-order valence-corrected chi connectivity index (χ4v) is 6.79. The molecule has 9 heteroatoms. The van der Waals surface area contributed by atoms with Gasteiger partial charge in [-0.1, -0.05) is 62.6 Å². The Kier molecular flexibility index (Phi) is 10.6. The third-order valence-electron chi connectivity index (χ3n) is 7.79. The molecule has 0 radical (unpaired) electrons. The number of pyridine rings is 3. The number of anilines is 3. The SMILES string of the molecule is CCCCCCc1cc(N(c2ccccc2)c2ccccc2)sc1-c1ccnc(-c2cc(OC=O)cc(-c3cc(OC=O)ccn3)n2)c1. The van der Waals surface area contributed by atoms with E-state index in [0.717, 1.165) is 34.8 Å². The minimum Gasteiger partial charge on any atom is -0.429 e. The molecule has 6 rings (SSSR count). The molecule has 4 heterocycles. The summed E-state index contributed by atoms with van der Waals surface area (Å²) < 4.78 is 10.3. The number of hydrogen-bond donors (Lipinski definition) is 0.